The number of nitriles is 1. The van der Waals surface area contributed by atoms with Gasteiger partial charge in [-0.2, -0.15) is 5.26 Å². The van der Waals surface area contributed by atoms with Gasteiger partial charge >= 0.3 is 0 Å². The highest BCUT2D eigenvalue weighted by molar-refractivity contribution is 14.1. The van der Waals surface area contributed by atoms with E-state index in [0.29, 0.717) is 5.56 Å². The third kappa shape index (κ3) is 3.00. The molecule has 0 aromatic heterocycles. The lowest BCUT2D eigenvalue weighted by atomic mass is 9.91. The number of hydrogen-bond acceptors (Lipinski definition) is 2. The summed E-state index contributed by atoms with van der Waals surface area (Å²) in [5, 5.41) is 9.30. The summed E-state index contributed by atoms with van der Waals surface area (Å²) in [7, 11) is 0. The summed E-state index contributed by atoms with van der Waals surface area (Å²) in [6.45, 7) is 0. The molecule has 100 valence electrons. The summed E-state index contributed by atoms with van der Waals surface area (Å²) in [5.41, 5.74) is 0.288. The Hall–Kier alpha value is -1.45. The van der Waals surface area contributed by atoms with Gasteiger partial charge in [0.05, 0.1) is 6.07 Å². The van der Waals surface area contributed by atoms with Gasteiger partial charge in [-0.15, -0.1) is 0 Å². The molecule has 1 unspecified atom stereocenters. The largest absolute Gasteiger partial charge is 0.292 e. The number of carbonyl (C=O) groups is 1. The smallest absolute Gasteiger partial charge is 0.184 e. The Morgan fingerprint density at radius 1 is 1.25 bits per heavy atom. The topological polar surface area (TPSA) is 40.9 Å². The van der Waals surface area contributed by atoms with Crippen LogP contribution in [0.5, 0.6) is 0 Å². The molecule has 0 saturated heterocycles. The zero-order valence-corrected chi connectivity index (χ0v) is 13.0. The first-order valence-corrected chi connectivity index (χ1v) is 7.13. The van der Waals surface area contributed by atoms with Crippen molar-refractivity contribution in [1.29, 1.82) is 5.26 Å². The fourth-order valence-electron chi connectivity index (χ4n) is 1.82. The van der Waals surface area contributed by atoms with Gasteiger partial charge < -0.3 is 0 Å². The molecule has 0 bridgehead atoms. The van der Waals surface area contributed by atoms with Crippen LogP contribution in [-0.4, -0.2) is 5.78 Å². The Labute approximate surface area is 134 Å². The summed E-state index contributed by atoms with van der Waals surface area (Å²) in [5.74, 6) is -2.36. The molecular weight excluding hydrogens is 392 g/mol. The average Bonchev–Trinajstić information content (AvgIpc) is 2.43. The first-order chi connectivity index (χ1) is 9.54. The first kappa shape index (κ1) is 14.9. The van der Waals surface area contributed by atoms with Gasteiger partial charge in [0.15, 0.2) is 5.78 Å². The maximum atomic E-state index is 13.8. The number of rotatable bonds is 3. The van der Waals surface area contributed by atoms with Gasteiger partial charge in [-0.1, -0.05) is 29.8 Å². The van der Waals surface area contributed by atoms with Gasteiger partial charge in [-0.25, -0.2) is 4.39 Å². The van der Waals surface area contributed by atoms with Gasteiger partial charge in [0.2, 0.25) is 0 Å². The minimum Gasteiger partial charge on any atom is -0.292 e. The third-order valence-corrected chi connectivity index (χ3v) is 3.86. The Kier molecular flexibility index (Phi) is 4.73. The summed E-state index contributed by atoms with van der Waals surface area (Å²) in [6.07, 6.45) is 0. The number of halogens is 3. The zero-order valence-electron chi connectivity index (χ0n) is 10.1. The van der Waals surface area contributed by atoms with Crippen molar-refractivity contribution >= 4 is 40.0 Å². The molecule has 0 amide bonds. The van der Waals surface area contributed by atoms with Crippen molar-refractivity contribution < 1.29 is 9.18 Å². The first-order valence-electron chi connectivity index (χ1n) is 5.68. The zero-order chi connectivity index (χ0) is 14.7. The molecule has 2 aromatic rings. The van der Waals surface area contributed by atoms with E-state index in [4.69, 9.17) is 11.6 Å². The quantitative estimate of drug-likeness (QED) is 0.560. The number of Topliss-reactive ketones (excluding diaryl/α,β-unsaturated/α-hetero) is 1. The molecule has 1 atom stereocenters. The molecule has 0 fully saturated rings. The predicted octanol–water partition coefficient (Wildman–Crippen LogP) is 4.57. The fraction of sp³-hybridized carbons (Fsp3) is 0.0667. The van der Waals surface area contributed by atoms with Crippen LogP contribution in [0.2, 0.25) is 5.02 Å². The molecule has 2 aromatic carbocycles. The maximum Gasteiger partial charge on any atom is 0.184 e. The van der Waals surface area contributed by atoms with Crippen molar-refractivity contribution in [2.24, 2.45) is 0 Å². The highest BCUT2D eigenvalue weighted by Crippen LogP contribution is 2.29. The van der Waals surface area contributed by atoms with Gasteiger partial charge in [-0.3, -0.25) is 4.79 Å². The van der Waals surface area contributed by atoms with Crippen LogP contribution >= 0.6 is 34.2 Å². The van der Waals surface area contributed by atoms with Crippen LogP contribution in [-0.2, 0) is 0 Å². The van der Waals surface area contributed by atoms with Crippen LogP contribution in [0.25, 0.3) is 0 Å². The number of carbonyl (C=O) groups excluding carboxylic acids is 1. The van der Waals surface area contributed by atoms with E-state index in [9.17, 15) is 14.4 Å². The van der Waals surface area contributed by atoms with Gasteiger partial charge in [0.1, 0.15) is 11.7 Å². The lowest BCUT2D eigenvalue weighted by Crippen LogP contribution is -2.13. The van der Waals surface area contributed by atoms with Gasteiger partial charge in [0.25, 0.3) is 0 Å². The molecule has 0 heterocycles. The van der Waals surface area contributed by atoms with E-state index >= 15 is 0 Å². The molecule has 2 rings (SSSR count). The number of ketones is 1. The summed E-state index contributed by atoms with van der Waals surface area (Å²) in [6, 6.07) is 12.7. The van der Waals surface area contributed by atoms with E-state index < -0.39 is 17.5 Å². The molecule has 20 heavy (non-hydrogen) atoms. The molecule has 0 aliphatic rings. The standard InChI is InChI=1S/C15H8ClFINO/c16-12-2-1-3-13(17)14(12)11(8-19)15(20)9-4-6-10(18)7-5-9/h1-7,11H. The molecule has 2 nitrogen and oxygen atoms in total. The Balaban J connectivity index is 2.46. The van der Waals surface area contributed by atoms with Gasteiger partial charge in [-0.05, 0) is 46.9 Å². The Morgan fingerprint density at radius 3 is 2.45 bits per heavy atom. The molecule has 0 aliphatic heterocycles. The Morgan fingerprint density at radius 2 is 1.90 bits per heavy atom. The molecule has 0 saturated carbocycles. The third-order valence-electron chi connectivity index (χ3n) is 2.81. The van der Waals surface area contributed by atoms with Crippen LogP contribution < -0.4 is 0 Å². The SMILES string of the molecule is N#CC(C(=O)c1ccc(I)cc1)c1c(F)cccc1Cl. The monoisotopic (exact) mass is 399 g/mol. The second kappa shape index (κ2) is 6.33. The van der Waals surface area contributed by atoms with Crippen LogP contribution in [0.4, 0.5) is 4.39 Å². The molecule has 5 heteroatoms. The van der Waals surface area contributed by atoms with Crippen molar-refractivity contribution in [3.05, 3.63) is 68.0 Å². The van der Waals surface area contributed by atoms with Crippen LogP contribution in [0.3, 0.4) is 0 Å². The average molecular weight is 400 g/mol. The normalized spacial score (nSPS) is 11.7. The van der Waals surface area contributed by atoms with Crippen LogP contribution in [0.1, 0.15) is 21.8 Å². The van der Waals surface area contributed by atoms with Crippen molar-refractivity contribution in [3.8, 4) is 6.07 Å². The molecule has 0 N–H and O–H groups in total. The maximum absolute atomic E-state index is 13.8. The van der Waals surface area contributed by atoms with Crippen molar-refractivity contribution in [2.45, 2.75) is 5.92 Å². The van der Waals surface area contributed by atoms with Gasteiger partial charge in [0, 0.05) is 19.7 Å². The molecule has 0 spiro atoms. The van der Waals surface area contributed by atoms with Crippen molar-refractivity contribution in [2.75, 3.05) is 0 Å². The lowest BCUT2D eigenvalue weighted by molar-refractivity contribution is 0.0977. The van der Waals surface area contributed by atoms with E-state index in [1.54, 1.807) is 24.3 Å². The summed E-state index contributed by atoms with van der Waals surface area (Å²) < 4.78 is 14.8. The Bertz CT molecular complexity index is 674. The number of nitrogens with zero attached hydrogens (tertiary/aromatic N) is 1. The molecular formula is C15H8ClFINO. The van der Waals surface area contributed by atoms with E-state index in [1.807, 2.05) is 6.07 Å². The van der Waals surface area contributed by atoms with Crippen LogP contribution in [0.15, 0.2) is 42.5 Å². The second-order valence-electron chi connectivity index (χ2n) is 4.07. The molecule has 0 aliphatic carbocycles. The fourth-order valence-corrected chi connectivity index (χ4v) is 2.45. The van der Waals surface area contributed by atoms with E-state index in [2.05, 4.69) is 22.6 Å². The van der Waals surface area contributed by atoms with E-state index in [0.717, 1.165) is 3.57 Å². The molecule has 0 radical (unpaired) electrons. The highest BCUT2D eigenvalue weighted by Gasteiger charge is 2.26. The second-order valence-corrected chi connectivity index (χ2v) is 5.72. The minimum absolute atomic E-state index is 0.0692. The number of benzene rings is 2. The van der Waals surface area contributed by atoms with Crippen molar-refractivity contribution in [3.63, 3.8) is 0 Å². The minimum atomic E-state index is -1.25. The number of hydrogen-bond donors (Lipinski definition) is 0. The highest BCUT2D eigenvalue weighted by atomic mass is 127. The lowest BCUT2D eigenvalue weighted by Gasteiger charge is -2.11. The summed E-state index contributed by atoms with van der Waals surface area (Å²) >= 11 is 8.03. The van der Waals surface area contributed by atoms with Crippen LogP contribution in [0, 0.1) is 20.7 Å². The van der Waals surface area contributed by atoms with E-state index in [1.165, 1.54) is 18.2 Å². The summed E-state index contributed by atoms with van der Waals surface area (Å²) in [4.78, 5) is 12.3. The van der Waals surface area contributed by atoms with E-state index in [-0.39, 0.29) is 10.6 Å². The van der Waals surface area contributed by atoms with Crippen molar-refractivity contribution in [1.82, 2.24) is 0 Å². The predicted molar refractivity (Wildman–Crippen MR) is 83.3 cm³/mol.